The van der Waals surface area contributed by atoms with Crippen LogP contribution in [-0.2, 0) is 18.5 Å². The summed E-state index contributed by atoms with van der Waals surface area (Å²) in [5.41, 5.74) is -19.9. The van der Waals surface area contributed by atoms with Crippen LogP contribution in [0.15, 0.2) is 11.1 Å². The van der Waals surface area contributed by atoms with Gasteiger partial charge in [0.15, 0.2) is 57.9 Å². The largest absolute Gasteiger partial charge is 0.451 e. The average Bonchev–Trinajstić information content (AvgIpc) is 3.65. The number of nitrogens with zero attached hydrogens (tertiary/aromatic N) is 2. The molecule has 0 amide bonds. The minimum atomic E-state index is -6.10. The summed E-state index contributed by atoms with van der Waals surface area (Å²) in [7, 11) is 0. The summed E-state index contributed by atoms with van der Waals surface area (Å²) >= 11 is 0. The fourth-order valence-corrected chi connectivity index (χ4v) is 6.08. The van der Waals surface area contributed by atoms with Crippen LogP contribution < -0.4 is 0 Å². The third-order valence-corrected chi connectivity index (χ3v) is 8.72. The Labute approximate surface area is 270 Å². The van der Waals surface area contributed by atoms with Crippen molar-refractivity contribution in [2.45, 2.75) is 66.0 Å². The number of aromatic nitrogens is 2. The molecular formula is C31H19F17N2. The Morgan fingerprint density at radius 1 is 0.520 bits per heavy atom. The Morgan fingerprint density at radius 3 is 1.16 bits per heavy atom. The van der Waals surface area contributed by atoms with E-state index in [0.717, 1.165) is 13.8 Å². The highest BCUT2D eigenvalue weighted by molar-refractivity contribution is 5.93. The lowest BCUT2D eigenvalue weighted by Gasteiger charge is -2.23. The molecule has 0 spiro atoms. The van der Waals surface area contributed by atoms with Gasteiger partial charge >= 0.3 is 18.5 Å². The van der Waals surface area contributed by atoms with Gasteiger partial charge in [-0.1, -0.05) is 13.8 Å². The summed E-state index contributed by atoms with van der Waals surface area (Å²) in [6.07, 6.45) is -18.2. The lowest BCUT2D eigenvalue weighted by atomic mass is 9.82. The minimum Gasteiger partial charge on any atom is -0.219 e. The Morgan fingerprint density at radius 2 is 0.840 bits per heavy atom. The fraction of sp³-hybridized carbons (Fsp3) is 0.355. The summed E-state index contributed by atoms with van der Waals surface area (Å²) in [4.78, 5) is 4.54. The highest BCUT2D eigenvalue weighted by Gasteiger charge is 2.60. The van der Waals surface area contributed by atoms with Crippen molar-refractivity contribution < 1.29 is 74.6 Å². The molecule has 3 aromatic rings. The number of rotatable bonds is 4. The lowest BCUT2D eigenvalue weighted by molar-refractivity contribution is -0.159. The summed E-state index contributed by atoms with van der Waals surface area (Å²) in [5, 5.41) is 0. The minimum absolute atomic E-state index is 0.434. The molecule has 1 heterocycles. The number of alkyl halides is 9. The van der Waals surface area contributed by atoms with Gasteiger partial charge in [-0.05, 0) is 50.0 Å². The first kappa shape index (κ1) is 38.6. The number of hydrogen-bond donors (Lipinski definition) is 0. The maximum Gasteiger partial charge on any atom is 0.451 e. The van der Waals surface area contributed by atoms with E-state index in [9.17, 15) is 57.1 Å². The van der Waals surface area contributed by atoms with Crippen LogP contribution in [-0.4, -0.2) is 9.97 Å². The highest BCUT2D eigenvalue weighted by Crippen LogP contribution is 2.70. The highest BCUT2D eigenvalue weighted by atomic mass is 19.4. The van der Waals surface area contributed by atoms with Gasteiger partial charge in [0.1, 0.15) is 0 Å². The molecule has 0 radical (unpaired) electrons. The van der Waals surface area contributed by atoms with E-state index in [1.807, 2.05) is 0 Å². The molecule has 50 heavy (non-hydrogen) atoms. The van der Waals surface area contributed by atoms with Crippen LogP contribution in [0.4, 0.5) is 74.6 Å². The second-order valence-electron chi connectivity index (χ2n) is 11.6. The summed E-state index contributed by atoms with van der Waals surface area (Å²) in [5.74, 6) is -21.4. The van der Waals surface area contributed by atoms with E-state index in [1.165, 1.54) is 0 Å². The van der Waals surface area contributed by atoms with Gasteiger partial charge in [0, 0.05) is 33.6 Å². The first-order valence-corrected chi connectivity index (χ1v) is 13.8. The van der Waals surface area contributed by atoms with Crippen LogP contribution in [0.2, 0.25) is 0 Å². The standard InChI is InChI=1S/C31H19F17N2/c1-7(12-21(36)17(32)9(3)18(33)22(12)37)15-16(28(15,6)11(5)14-23(38)19(34)10(4)20(35)24(14)39)8(2)13-25(29(40,41)42)49-27(31(46,47)48)50-26(13)30(43,44)45/h11H,1-6H3/b15-7+,16-8-. The van der Waals surface area contributed by atoms with Crippen molar-refractivity contribution in [2.24, 2.45) is 5.41 Å². The van der Waals surface area contributed by atoms with Crippen LogP contribution in [0, 0.1) is 65.8 Å². The number of hydrogen-bond acceptors (Lipinski definition) is 2. The van der Waals surface area contributed by atoms with Gasteiger partial charge < -0.3 is 0 Å². The molecule has 2 unspecified atom stereocenters. The fourth-order valence-electron chi connectivity index (χ4n) is 6.08. The second kappa shape index (κ2) is 12.0. The lowest BCUT2D eigenvalue weighted by Crippen LogP contribution is -2.25. The molecule has 0 saturated heterocycles. The van der Waals surface area contributed by atoms with E-state index < -0.39 is 144 Å². The van der Waals surface area contributed by atoms with E-state index in [4.69, 9.17) is 0 Å². The van der Waals surface area contributed by atoms with Gasteiger partial charge in [-0.25, -0.2) is 45.1 Å². The predicted octanol–water partition coefficient (Wildman–Crippen LogP) is 11.3. The Bertz CT molecular complexity index is 1920. The van der Waals surface area contributed by atoms with E-state index in [-0.39, 0.29) is 0 Å². The number of halogens is 17. The van der Waals surface area contributed by atoms with Crippen LogP contribution in [0.3, 0.4) is 0 Å². The van der Waals surface area contributed by atoms with E-state index in [0.29, 0.717) is 27.7 Å². The van der Waals surface area contributed by atoms with Crippen LogP contribution in [0.1, 0.15) is 78.6 Å². The van der Waals surface area contributed by atoms with Gasteiger partial charge in [0.2, 0.25) is 5.82 Å². The molecule has 0 N–H and O–H groups in total. The molecule has 19 heteroatoms. The van der Waals surface area contributed by atoms with Crippen molar-refractivity contribution in [3.63, 3.8) is 0 Å². The Hall–Kier alpha value is -4.19. The molecule has 272 valence electrons. The molecule has 2 nitrogen and oxygen atoms in total. The molecule has 1 aliphatic rings. The molecule has 0 aliphatic heterocycles. The Kier molecular flexibility index (Phi) is 9.23. The molecule has 1 aromatic heterocycles. The SMILES string of the molecule is C/C(=C1/C(=C(\C)c2c(C(F)(F)F)nc(C(F)(F)F)nc2C(F)(F)F)C1(C)C(C)c1c(F)c(F)c(C)c(F)c1F)c1c(F)c(F)c(C)c(F)c1F. The van der Waals surface area contributed by atoms with Gasteiger partial charge in [-0.3, -0.25) is 0 Å². The average molecular weight is 742 g/mol. The van der Waals surface area contributed by atoms with Crippen molar-refractivity contribution in [3.8, 4) is 0 Å². The molecule has 0 bridgehead atoms. The molecule has 1 saturated carbocycles. The normalized spacial score (nSPS) is 19.6. The maximum atomic E-state index is 15.2. The smallest absolute Gasteiger partial charge is 0.219 e. The van der Waals surface area contributed by atoms with Crippen molar-refractivity contribution in [1.29, 1.82) is 0 Å². The summed E-state index contributed by atoms with van der Waals surface area (Å²) in [6.45, 7) is 3.86. The third-order valence-electron chi connectivity index (χ3n) is 8.72. The third kappa shape index (κ3) is 5.78. The van der Waals surface area contributed by atoms with Crippen molar-refractivity contribution in [1.82, 2.24) is 9.97 Å². The van der Waals surface area contributed by atoms with Gasteiger partial charge in [0.25, 0.3) is 0 Å². The van der Waals surface area contributed by atoms with Crippen LogP contribution in [0.25, 0.3) is 11.1 Å². The van der Waals surface area contributed by atoms with Gasteiger partial charge in [0.05, 0.1) is 5.56 Å². The maximum absolute atomic E-state index is 15.2. The monoisotopic (exact) mass is 742 g/mol. The predicted molar refractivity (Wildman–Crippen MR) is 141 cm³/mol. The zero-order valence-corrected chi connectivity index (χ0v) is 25.9. The first-order valence-electron chi connectivity index (χ1n) is 13.8. The summed E-state index contributed by atoms with van der Waals surface area (Å²) < 4.78 is 245. The Balaban J connectivity index is 2.27. The van der Waals surface area contributed by atoms with E-state index >= 15 is 17.6 Å². The van der Waals surface area contributed by atoms with Crippen LogP contribution in [0.5, 0.6) is 0 Å². The molecule has 4 rings (SSSR count). The van der Waals surface area contributed by atoms with Gasteiger partial charge in [-0.15, -0.1) is 0 Å². The van der Waals surface area contributed by atoms with E-state index in [1.54, 1.807) is 0 Å². The first-order chi connectivity index (χ1) is 22.5. The molecule has 1 fully saturated rings. The number of allylic oxidation sites excluding steroid dienone is 4. The number of benzene rings is 2. The van der Waals surface area contributed by atoms with Crippen LogP contribution >= 0.6 is 0 Å². The van der Waals surface area contributed by atoms with Crippen molar-refractivity contribution in [2.75, 3.05) is 0 Å². The van der Waals surface area contributed by atoms with Crippen molar-refractivity contribution >= 4 is 11.1 Å². The zero-order chi connectivity index (χ0) is 38.5. The van der Waals surface area contributed by atoms with Gasteiger partial charge in [-0.2, -0.15) is 39.5 Å². The molecular weight excluding hydrogens is 723 g/mol. The van der Waals surface area contributed by atoms with E-state index in [2.05, 4.69) is 9.97 Å². The molecule has 2 atom stereocenters. The molecule has 1 aliphatic carbocycles. The molecule has 2 aromatic carbocycles. The topological polar surface area (TPSA) is 25.8 Å². The summed E-state index contributed by atoms with van der Waals surface area (Å²) in [6, 6.07) is 0. The zero-order valence-electron chi connectivity index (χ0n) is 25.9. The van der Waals surface area contributed by atoms with Crippen molar-refractivity contribution in [3.05, 3.63) is 103 Å². The quantitative estimate of drug-likeness (QED) is 0.197. The second-order valence-corrected chi connectivity index (χ2v) is 11.6.